The second kappa shape index (κ2) is 8.65. The molecule has 1 aliphatic rings. The summed E-state index contributed by atoms with van der Waals surface area (Å²) in [7, 11) is -0.244. The van der Waals surface area contributed by atoms with Gasteiger partial charge < -0.3 is 9.80 Å². The monoisotopic (exact) mass is 455 g/mol. The van der Waals surface area contributed by atoms with Crippen LogP contribution in [0.5, 0.6) is 0 Å². The number of amides is 1. The summed E-state index contributed by atoms with van der Waals surface area (Å²) in [6, 6.07) is 6.62. The van der Waals surface area contributed by atoms with E-state index in [-0.39, 0.29) is 34.8 Å². The van der Waals surface area contributed by atoms with Crippen molar-refractivity contribution in [1.82, 2.24) is 9.80 Å². The van der Waals surface area contributed by atoms with E-state index < -0.39 is 15.6 Å². The van der Waals surface area contributed by atoms with Gasteiger partial charge in [-0.2, -0.15) is 9.66 Å². The van der Waals surface area contributed by atoms with E-state index in [1.807, 2.05) is 6.07 Å². The summed E-state index contributed by atoms with van der Waals surface area (Å²) in [5.41, 5.74) is -0.191. The van der Waals surface area contributed by atoms with Gasteiger partial charge in [0.15, 0.2) is 5.11 Å². The van der Waals surface area contributed by atoms with Crippen molar-refractivity contribution in [3.05, 3.63) is 28.8 Å². The van der Waals surface area contributed by atoms with Crippen LogP contribution in [-0.2, 0) is 14.8 Å². The van der Waals surface area contributed by atoms with Gasteiger partial charge in [0.25, 0.3) is 15.9 Å². The van der Waals surface area contributed by atoms with Crippen LogP contribution in [0, 0.1) is 11.3 Å². The van der Waals surface area contributed by atoms with Gasteiger partial charge in [0.2, 0.25) is 0 Å². The summed E-state index contributed by atoms with van der Waals surface area (Å²) in [4.78, 5) is 17.6. The topological polar surface area (TPSA) is 97.1 Å². The van der Waals surface area contributed by atoms with E-state index in [0.29, 0.717) is 11.3 Å². The summed E-state index contributed by atoms with van der Waals surface area (Å²) in [6.07, 6.45) is 1.49. The maximum Gasteiger partial charge on any atom is 0.258 e. The molecule has 2 rings (SSSR count). The van der Waals surface area contributed by atoms with Gasteiger partial charge in [0.05, 0.1) is 22.0 Å². The SMILES string of the molecule is CN(C)C=NS(=O)(=O)CCCN1C(=S)N(c2ccc(C#N)c(Cl)c2)C(=O)C1(C)C. The van der Waals surface area contributed by atoms with E-state index in [1.54, 1.807) is 38.9 Å². The Morgan fingerprint density at radius 2 is 2.03 bits per heavy atom. The van der Waals surface area contributed by atoms with Gasteiger partial charge in [0.1, 0.15) is 17.9 Å². The number of nitriles is 1. The van der Waals surface area contributed by atoms with Crippen LogP contribution < -0.4 is 4.90 Å². The Morgan fingerprint density at radius 1 is 1.38 bits per heavy atom. The van der Waals surface area contributed by atoms with Crippen molar-refractivity contribution in [2.45, 2.75) is 25.8 Å². The first-order chi connectivity index (χ1) is 13.4. The molecule has 1 saturated heterocycles. The van der Waals surface area contributed by atoms with Crippen LogP contribution in [-0.4, -0.2) is 67.5 Å². The lowest BCUT2D eigenvalue weighted by Gasteiger charge is -2.29. The Kier molecular flexibility index (Phi) is 6.88. The molecule has 0 N–H and O–H groups in total. The van der Waals surface area contributed by atoms with Crippen molar-refractivity contribution >= 4 is 56.9 Å². The minimum absolute atomic E-state index is 0.163. The standard InChI is InChI=1S/C18H22ClN5O3S2/c1-18(2)16(25)24(14-7-6-13(11-20)15(19)10-14)17(28)23(18)8-5-9-29(26,27)21-12-22(3)4/h6-7,10,12H,5,8-9H2,1-4H3. The minimum Gasteiger partial charge on any atom is -0.368 e. The highest BCUT2D eigenvalue weighted by atomic mass is 35.5. The van der Waals surface area contributed by atoms with Gasteiger partial charge in [0, 0.05) is 20.6 Å². The summed E-state index contributed by atoms with van der Waals surface area (Å²) < 4.78 is 27.6. The van der Waals surface area contributed by atoms with E-state index in [9.17, 15) is 13.2 Å². The van der Waals surface area contributed by atoms with Crippen LogP contribution in [0.2, 0.25) is 5.02 Å². The number of rotatable bonds is 7. The molecular formula is C18H22ClN5O3S2. The van der Waals surface area contributed by atoms with E-state index in [2.05, 4.69) is 4.40 Å². The number of hydrogen-bond acceptors (Lipinski definition) is 5. The molecule has 0 saturated carbocycles. The van der Waals surface area contributed by atoms with Crippen LogP contribution in [0.15, 0.2) is 22.6 Å². The lowest BCUT2D eigenvalue weighted by atomic mass is 10.0. The summed E-state index contributed by atoms with van der Waals surface area (Å²) in [5, 5.41) is 9.51. The van der Waals surface area contributed by atoms with Crippen molar-refractivity contribution in [2.75, 3.05) is 31.3 Å². The molecule has 0 atom stereocenters. The highest BCUT2D eigenvalue weighted by Crippen LogP contribution is 2.34. The van der Waals surface area contributed by atoms with E-state index in [4.69, 9.17) is 29.1 Å². The molecule has 0 unspecified atom stereocenters. The normalized spacial score (nSPS) is 16.6. The molecule has 1 amide bonds. The highest BCUT2D eigenvalue weighted by molar-refractivity contribution is 7.90. The zero-order valence-corrected chi connectivity index (χ0v) is 19.0. The van der Waals surface area contributed by atoms with Gasteiger partial charge in [-0.05, 0) is 50.7 Å². The lowest BCUT2D eigenvalue weighted by Crippen LogP contribution is -2.44. The molecule has 0 aliphatic carbocycles. The minimum atomic E-state index is -3.60. The molecular weight excluding hydrogens is 434 g/mol. The Balaban J connectivity index is 2.18. The van der Waals surface area contributed by atoms with Crippen molar-refractivity contribution in [2.24, 2.45) is 4.40 Å². The fourth-order valence-electron chi connectivity index (χ4n) is 2.80. The van der Waals surface area contributed by atoms with Crippen LogP contribution in [0.4, 0.5) is 5.69 Å². The third-order valence-corrected chi connectivity index (χ3v) is 6.31. The van der Waals surface area contributed by atoms with E-state index in [0.717, 1.165) is 0 Å². The molecule has 8 nitrogen and oxygen atoms in total. The first kappa shape index (κ1) is 23.1. The summed E-state index contributed by atoms with van der Waals surface area (Å²) in [6.45, 7) is 3.73. The maximum absolute atomic E-state index is 13.0. The Hall–Kier alpha value is -2.22. The largest absolute Gasteiger partial charge is 0.368 e. The number of benzene rings is 1. The van der Waals surface area contributed by atoms with Crippen molar-refractivity contribution in [3.63, 3.8) is 0 Å². The van der Waals surface area contributed by atoms with Gasteiger partial charge in [-0.3, -0.25) is 9.69 Å². The van der Waals surface area contributed by atoms with E-state index >= 15 is 0 Å². The van der Waals surface area contributed by atoms with E-state index in [1.165, 1.54) is 28.3 Å². The van der Waals surface area contributed by atoms with Crippen molar-refractivity contribution in [3.8, 4) is 6.07 Å². The predicted molar refractivity (Wildman–Crippen MR) is 118 cm³/mol. The molecule has 0 spiro atoms. The molecule has 0 radical (unpaired) electrons. The molecule has 156 valence electrons. The molecule has 1 aromatic carbocycles. The zero-order chi connectivity index (χ0) is 22.0. The average molecular weight is 456 g/mol. The third kappa shape index (κ3) is 5.04. The van der Waals surface area contributed by atoms with Gasteiger partial charge in [-0.15, -0.1) is 0 Å². The number of halogens is 1. The number of thiocarbonyl (C=S) groups is 1. The van der Waals surface area contributed by atoms with Crippen molar-refractivity contribution in [1.29, 1.82) is 5.26 Å². The van der Waals surface area contributed by atoms with Crippen LogP contribution in [0.25, 0.3) is 0 Å². The smallest absolute Gasteiger partial charge is 0.258 e. The fraction of sp³-hybridized carbons (Fsp3) is 0.444. The van der Waals surface area contributed by atoms with Gasteiger partial charge in [-0.25, -0.2) is 8.42 Å². The predicted octanol–water partition coefficient (Wildman–Crippen LogP) is 2.23. The molecule has 0 bridgehead atoms. The second-order valence-electron chi connectivity index (χ2n) is 7.23. The second-order valence-corrected chi connectivity index (χ2v) is 9.79. The molecule has 1 heterocycles. The quantitative estimate of drug-likeness (QED) is 0.353. The van der Waals surface area contributed by atoms with Crippen molar-refractivity contribution < 1.29 is 13.2 Å². The Morgan fingerprint density at radius 3 is 2.59 bits per heavy atom. The number of anilines is 1. The Labute approximate surface area is 181 Å². The molecule has 1 aliphatic heterocycles. The summed E-state index contributed by atoms with van der Waals surface area (Å²) >= 11 is 11.6. The maximum atomic E-state index is 13.0. The average Bonchev–Trinajstić information content (AvgIpc) is 2.79. The highest BCUT2D eigenvalue weighted by Gasteiger charge is 2.49. The van der Waals surface area contributed by atoms with Gasteiger partial charge >= 0.3 is 0 Å². The van der Waals surface area contributed by atoms with Crippen LogP contribution in [0.1, 0.15) is 25.8 Å². The fourth-order valence-corrected chi connectivity index (χ4v) is 4.45. The number of hydrogen-bond donors (Lipinski definition) is 0. The third-order valence-electron chi connectivity index (χ3n) is 4.38. The Bertz CT molecular complexity index is 999. The lowest BCUT2D eigenvalue weighted by molar-refractivity contribution is -0.123. The molecule has 11 heteroatoms. The first-order valence-corrected chi connectivity index (χ1v) is 11.1. The number of nitrogens with zero attached hydrogens (tertiary/aromatic N) is 5. The number of carbonyl (C=O) groups is 1. The molecule has 29 heavy (non-hydrogen) atoms. The molecule has 0 aromatic heterocycles. The van der Waals surface area contributed by atoms with Gasteiger partial charge in [-0.1, -0.05) is 11.6 Å². The van der Waals surface area contributed by atoms with Crippen LogP contribution >= 0.6 is 23.8 Å². The first-order valence-electron chi connectivity index (χ1n) is 8.71. The number of carbonyl (C=O) groups excluding carboxylic acids is 1. The molecule has 1 fully saturated rings. The van der Waals surface area contributed by atoms with Crippen LogP contribution in [0.3, 0.4) is 0 Å². The molecule has 1 aromatic rings. The summed E-state index contributed by atoms with van der Waals surface area (Å²) in [5.74, 6) is -0.416. The number of sulfonamides is 1. The zero-order valence-electron chi connectivity index (χ0n) is 16.6.